The van der Waals surface area contributed by atoms with Gasteiger partial charge in [-0.3, -0.25) is 5.84 Å². The summed E-state index contributed by atoms with van der Waals surface area (Å²) >= 11 is 0. The molecule has 0 aliphatic carbocycles. The SMILES string of the molecule is CC/C(C)=C\C=C/NN. The van der Waals surface area contributed by atoms with E-state index in [4.69, 9.17) is 5.84 Å². The summed E-state index contributed by atoms with van der Waals surface area (Å²) in [4.78, 5) is 0. The van der Waals surface area contributed by atoms with E-state index in [1.54, 1.807) is 6.20 Å². The lowest BCUT2D eigenvalue weighted by atomic mass is 10.2. The van der Waals surface area contributed by atoms with Crippen LogP contribution in [0, 0.1) is 0 Å². The molecule has 0 saturated heterocycles. The first-order chi connectivity index (χ1) is 4.31. The van der Waals surface area contributed by atoms with Crippen LogP contribution in [-0.4, -0.2) is 0 Å². The van der Waals surface area contributed by atoms with Crippen molar-refractivity contribution in [2.24, 2.45) is 5.84 Å². The van der Waals surface area contributed by atoms with Crippen LogP contribution in [0.2, 0.25) is 0 Å². The second-order valence-electron chi connectivity index (χ2n) is 1.89. The minimum Gasteiger partial charge on any atom is -0.331 e. The number of allylic oxidation sites excluding steroid dienone is 3. The van der Waals surface area contributed by atoms with Crippen LogP contribution in [0.15, 0.2) is 23.9 Å². The largest absolute Gasteiger partial charge is 0.331 e. The van der Waals surface area contributed by atoms with E-state index in [0.29, 0.717) is 0 Å². The molecule has 2 heteroatoms. The molecule has 2 nitrogen and oxygen atoms in total. The number of hydrogen-bond acceptors (Lipinski definition) is 2. The van der Waals surface area contributed by atoms with Crippen LogP contribution in [0.5, 0.6) is 0 Å². The van der Waals surface area contributed by atoms with Gasteiger partial charge in [0.15, 0.2) is 0 Å². The van der Waals surface area contributed by atoms with Crippen LogP contribution in [-0.2, 0) is 0 Å². The monoisotopic (exact) mass is 126 g/mol. The average molecular weight is 126 g/mol. The van der Waals surface area contributed by atoms with Gasteiger partial charge in [-0.25, -0.2) is 0 Å². The highest BCUT2D eigenvalue weighted by molar-refractivity contribution is 5.08. The quantitative estimate of drug-likeness (QED) is 0.340. The van der Waals surface area contributed by atoms with E-state index in [2.05, 4.69) is 19.3 Å². The van der Waals surface area contributed by atoms with Crippen molar-refractivity contribution in [2.75, 3.05) is 0 Å². The molecule has 0 aliphatic rings. The summed E-state index contributed by atoms with van der Waals surface area (Å²) < 4.78 is 0. The molecule has 0 aromatic carbocycles. The van der Waals surface area contributed by atoms with Crippen LogP contribution < -0.4 is 11.3 Å². The number of rotatable bonds is 3. The Hall–Kier alpha value is -0.760. The molecule has 0 amide bonds. The summed E-state index contributed by atoms with van der Waals surface area (Å²) in [7, 11) is 0. The summed E-state index contributed by atoms with van der Waals surface area (Å²) in [5, 5.41) is 0. The highest BCUT2D eigenvalue weighted by Gasteiger charge is 1.76. The molecule has 3 N–H and O–H groups in total. The third-order valence-corrected chi connectivity index (χ3v) is 1.13. The first-order valence-corrected chi connectivity index (χ1v) is 3.09. The lowest BCUT2D eigenvalue weighted by Gasteiger charge is -1.88. The van der Waals surface area contributed by atoms with E-state index < -0.39 is 0 Å². The van der Waals surface area contributed by atoms with Gasteiger partial charge in [0.1, 0.15) is 0 Å². The molecule has 0 rings (SSSR count). The van der Waals surface area contributed by atoms with Gasteiger partial charge in [0.25, 0.3) is 0 Å². The predicted octanol–water partition coefficient (Wildman–Crippen LogP) is 1.32. The molecule has 52 valence electrons. The number of nitrogens with two attached hydrogens (primary N) is 1. The van der Waals surface area contributed by atoms with Gasteiger partial charge in [-0.1, -0.05) is 18.6 Å². The molecule has 0 aromatic rings. The fourth-order valence-electron chi connectivity index (χ4n) is 0.386. The Labute approximate surface area is 56.4 Å². The summed E-state index contributed by atoms with van der Waals surface area (Å²) in [6, 6.07) is 0. The summed E-state index contributed by atoms with van der Waals surface area (Å²) in [6.45, 7) is 4.20. The molecule has 0 unspecified atom stereocenters. The molecular weight excluding hydrogens is 112 g/mol. The van der Waals surface area contributed by atoms with Crippen LogP contribution in [0.25, 0.3) is 0 Å². The molecule has 9 heavy (non-hydrogen) atoms. The second-order valence-corrected chi connectivity index (χ2v) is 1.89. The minimum absolute atomic E-state index is 1.09. The Morgan fingerprint density at radius 2 is 2.33 bits per heavy atom. The van der Waals surface area contributed by atoms with Crippen molar-refractivity contribution in [3.63, 3.8) is 0 Å². The Balaban J connectivity index is 3.55. The molecule has 0 aromatic heterocycles. The molecule has 0 saturated carbocycles. The van der Waals surface area contributed by atoms with Crippen LogP contribution in [0.1, 0.15) is 20.3 Å². The highest BCUT2D eigenvalue weighted by Crippen LogP contribution is 1.96. The Bertz CT molecular complexity index is 114. The number of hydrogen-bond donors (Lipinski definition) is 2. The molecule has 0 spiro atoms. The maximum Gasteiger partial charge on any atom is 0.0123 e. The molecule has 0 bridgehead atoms. The minimum atomic E-state index is 1.09. The van der Waals surface area contributed by atoms with Crippen molar-refractivity contribution < 1.29 is 0 Å². The third kappa shape index (κ3) is 5.11. The fraction of sp³-hybridized carbons (Fsp3) is 0.429. The van der Waals surface area contributed by atoms with Gasteiger partial charge in [-0.15, -0.1) is 0 Å². The molecular formula is C7H14N2. The standard InChI is InChI=1S/C7H14N2/c1-3-7(2)5-4-6-9-8/h4-6,9H,3,8H2,1-2H3/b6-4-,7-5-. The lowest BCUT2D eigenvalue weighted by Crippen LogP contribution is -2.12. The van der Waals surface area contributed by atoms with Crippen LogP contribution in [0.3, 0.4) is 0 Å². The molecule has 0 heterocycles. The normalized spacial score (nSPS) is 12.6. The van der Waals surface area contributed by atoms with Crippen molar-refractivity contribution in [1.29, 1.82) is 0 Å². The molecule has 0 radical (unpaired) electrons. The van der Waals surface area contributed by atoms with Gasteiger partial charge < -0.3 is 5.43 Å². The van der Waals surface area contributed by atoms with E-state index in [1.807, 2.05) is 12.2 Å². The zero-order valence-electron chi connectivity index (χ0n) is 6.02. The van der Waals surface area contributed by atoms with Gasteiger partial charge in [-0.2, -0.15) is 0 Å². The third-order valence-electron chi connectivity index (χ3n) is 1.13. The van der Waals surface area contributed by atoms with Gasteiger partial charge in [0.05, 0.1) is 0 Å². The first kappa shape index (κ1) is 8.24. The van der Waals surface area contributed by atoms with E-state index in [1.165, 1.54) is 5.57 Å². The van der Waals surface area contributed by atoms with Crippen molar-refractivity contribution in [3.05, 3.63) is 23.9 Å². The van der Waals surface area contributed by atoms with Gasteiger partial charge in [0, 0.05) is 6.20 Å². The zero-order valence-corrected chi connectivity index (χ0v) is 6.02. The smallest absolute Gasteiger partial charge is 0.0123 e. The van der Waals surface area contributed by atoms with E-state index >= 15 is 0 Å². The summed E-state index contributed by atoms with van der Waals surface area (Å²) in [5.41, 5.74) is 3.77. The molecule has 0 aliphatic heterocycles. The van der Waals surface area contributed by atoms with Gasteiger partial charge in [0.2, 0.25) is 0 Å². The van der Waals surface area contributed by atoms with Crippen molar-refractivity contribution >= 4 is 0 Å². The summed E-state index contributed by atoms with van der Waals surface area (Å²) in [5.74, 6) is 4.99. The maximum absolute atomic E-state index is 4.99. The summed E-state index contributed by atoms with van der Waals surface area (Å²) in [6.07, 6.45) is 6.70. The lowest BCUT2D eigenvalue weighted by molar-refractivity contribution is 0.967. The maximum atomic E-state index is 4.99. The molecule has 0 atom stereocenters. The number of hydrazine groups is 1. The predicted molar refractivity (Wildman–Crippen MR) is 40.5 cm³/mol. The molecule has 0 fully saturated rings. The number of nitrogens with one attached hydrogen (secondary N) is 1. The topological polar surface area (TPSA) is 38.0 Å². The van der Waals surface area contributed by atoms with E-state index in [0.717, 1.165) is 6.42 Å². The van der Waals surface area contributed by atoms with E-state index in [9.17, 15) is 0 Å². The highest BCUT2D eigenvalue weighted by atomic mass is 15.2. The van der Waals surface area contributed by atoms with Gasteiger partial charge >= 0.3 is 0 Å². The Morgan fingerprint density at radius 3 is 2.78 bits per heavy atom. The van der Waals surface area contributed by atoms with Crippen LogP contribution >= 0.6 is 0 Å². The van der Waals surface area contributed by atoms with Gasteiger partial charge in [-0.05, 0) is 19.4 Å². The Kier molecular flexibility index (Phi) is 4.92. The van der Waals surface area contributed by atoms with Crippen molar-refractivity contribution in [2.45, 2.75) is 20.3 Å². The Morgan fingerprint density at radius 1 is 1.67 bits per heavy atom. The van der Waals surface area contributed by atoms with Crippen molar-refractivity contribution in [3.8, 4) is 0 Å². The fourth-order valence-corrected chi connectivity index (χ4v) is 0.386. The average Bonchev–Trinajstić information content (AvgIpc) is 1.89. The zero-order chi connectivity index (χ0) is 7.11. The van der Waals surface area contributed by atoms with Crippen LogP contribution in [0.4, 0.5) is 0 Å². The van der Waals surface area contributed by atoms with E-state index in [-0.39, 0.29) is 0 Å². The van der Waals surface area contributed by atoms with Crippen molar-refractivity contribution in [1.82, 2.24) is 5.43 Å². The first-order valence-electron chi connectivity index (χ1n) is 3.09. The second kappa shape index (κ2) is 5.38.